The Bertz CT molecular complexity index is 815. The molecule has 3 rings (SSSR count). The average Bonchev–Trinajstić information content (AvgIpc) is 2.80. The van der Waals surface area contributed by atoms with E-state index < -0.39 is 0 Å². The smallest absolute Gasteiger partial charge is 0.143 e. The number of nitrogens with two attached hydrogens (primary N) is 1. The zero-order valence-corrected chi connectivity index (χ0v) is 13.0. The molecule has 2 aromatic heterocycles. The second-order valence-corrected chi connectivity index (χ2v) is 6.45. The van der Waals surface area contributed by atoms with E-state index in [4.69, 9.17) is 22.3 Å². The highest BCUT2D eigenvalue weighted by molar-refractivity contribution is 6.33. The summed E-state index contributed by atoms with van der Waals surface area (Å²) in [5, 5.41) is 0.637. The van der Waals surface area contributed by atoms with Gasteiger partial charge in [0.2, 0.25) is 0 Å². The number of anilines is 1. The fourth-order valence-corrected chi connectivity index (χ4v) is 2.71. The second-order valence-electron chi connectivity index (χ2n) is 6.05. The SMILES string of the molecule is CC(C)(C)n1c(-c2cc(N)ccc2Cl)nc2cnccc21. The molecule has 5 heteroatoms. The number of hydrogen-bond donors (Lipinski definition) is 1. The van der Waals surface area contributed by atoms with Crippen LogP contribution in [0.25, 0.3) is 22.4 Å². The van der Waals surface area contributed by atoms with E-state index in [0.717, 1.165) is 22.4 Å². The Kier molecular flexibility index (Phi) is 3.14. The fourth-order valence-electron chi connectivity index (χ4n) is 2.51. The molecular formula is C16H17ClN4. The number of pyridine rings is 1. The van der Waals surface area contributed by atoms with Gasteiger partial charge < -0.3 is 10.3 Å². The van der Waals surface area contributed by atoms with Crippen LogP contribution < -0.4 is 5.73 Å². The molecule has 0 bridgehead atoms. The average molecular weight is 301 g/mol. The van der Waals surface area contributed by atoms with E-state index in [1.54, 1.807) is 24.5 Å². The molecule has 0 unspecified atom stereocenters. The Morgan fingerprint density at radius 2 is 1.95 bits per heavy atom. The summed E-state index contributed by atoms with van der Waals surface area (Å²) in [6.07, 6.45) is 3.54. The Balaban J connectivity index is 2.39. The molecule has 21 heavy (non-hydrogen) atoms. The van der Waals surface area contributed by atoms with E-state index in [2.05, 4.69) is 30.3 Å². The molecule has 0 atom stereocenters. The topological polar surface area (TPSA) is 56.7 Å². The first-order chi connectivity index (χ1) is 9.88. The van der Waals surface area contributed by atoms with Crippen LogP contribution in [0.3, 0.4) is 0 Å². The number of aromatic nitrogens is 3. The number of nitrogens with zero attached hydrogens (tertiary/aromatic N) is 3. The summed E-state index contributed by atoms with van der Waals surface area (Å²) in [6.45, 7) is 6.41. The minimum absolute atomic E-state index is 0.140. The van der Waals surface area contributed by atoms with Gasteiger partial charge in [-0.25, -0.2) is 4.98 Å². The number of benzene rings is 1. The Hall–Kier alpha value is -2.07. The maximum absolute atomic E-state index is 6.36. The summed E-state index contributed by atoms with van der Waals surface area (Å²) >= 11 is 6.36. The maximum atomic E-state index is 6.36. The van der Waals surface area contributed by atoms with E-state index in [0.29, 0.717) is 10.7 Å². The molecule has 0 aliphatic heterocycles. The number of rotatable bonds is 1. The molecule has 0 saturated heterocycles. The van der Waals surface area contributed by atoms with E-state index in [9.17, 15) is 0 Å². The molecule has 0 fully saturated rings. The van der Waals surface area contributed by atoms with E-state index in [-0.39, 0.29) is 5.54 Å². The lowest BCUT2D eigenvalue weighted by molar-refractivity contribution is 0.413. The first-order valence-electron chi connectivity index (χ1n) is 6.76. The van der Waals surface area contributed by atoms with Crippen molar-refractivity contribution in [3.63, 3.8) is 0 Å². The predicted octanol–water partition coefficient (Wildman–Crippen LogP) is 4.09. The predicted molar refractivity (Wildman–Crippen MR) is 87.4 cm³/mol. The highest BCUT2D eigenvalue weighted by Gasteiger charge is 2.23. The van der Waals surface area contributed by atoms with Gasteiger partial charge in [-0.1, -0.05) is 11.6 Å². The van der Waals surface area contributed by atoms with Crippen molar-refractivity contribution < 1.29 is 0 Å². The fraction of sp³-hybridized carbons (Fsp3) is 0.250. The third-order valence-electron chi connectivity index (χ3n) is 3.36. The van der Waals surface area contributed by atoms with Crippen LogP contribution in [0.2, 0.25) is 5.02 Å². The summed E-state index contributed by atoms with van der Waals surface area (Å²) < 4.78 is 2.17. The third-order valence-corrected chi connectivity index (χ3v) is 3.69. The molecule has 4 nitrogen and oxygen atoms in total. The first kappa shape index (κ1) is 13.9. The summed E-state index contributed by atoms with van der Waals surface area (Å²) in [4.78, 5) is 8.86. The normalized spacial score (nSPS) is 12.0. The monoisotopic (exact) mass is 300 g/mol. The summed E-state index contributed by atoms with van der Waals surface area (Å²) in [6, 6.07) is 7.42. The lowest BCUT2D eigenvalue weighted by Gasteiger charge is -2.25. The van der Waals surface area contributed by atoms with E-state index in [1.807, 2.05) is 12.1 Å². The van der Waals surface area contributed by atoms with Crippen LogP contribution in [0.1, 0.15) is 20.8 Å². The van der Waals surface area contributed by atoms with Gasteiger partial charge in [0.05, 0.1) is 16.7 Å². The Morgan fingerprint density at radius 3 is 2.67 bits per heavy atom. The third kappa shape index (κ3) is 2.36. The van der Waals surface area contributed by atoms with Gasteiger partial charge in [-0.3, -0.25) is 4.98 Å². The molecule has 3 aromatic rings. The summed E-state index contributed by atoms with van der Waals surface area (Å²) in [7, 11) is 0. The van der Waals surface area contributed by atoms with Crippen LogP contribution in [0, 0.1) is 0 Å². The maximum Gasteiger partial charge on any atom is 0.143 e. The Morgan fingerprint density at radius 1 is 1.19 bits per heavy atom. The highest BCUT2D eigenvalue weighted by atomic mass is 35.5. The molecule has 0 aliphatic rings. The van der Waals surface area contributed by atoms with Crippen molar-refractivity contribution >= 4 is 28.3 Å². The summed E-state index contributed by atoms with van der Waals surface area (Å²) in [5.74, 6) is 0.808. The number of fused-ring (bicyclic) bond motifs is 1. The number of imidazole rings is 1. The standard InChI is InChI=1S/C16H17ClN4/c1-16(2,3)21-14-6-7-19-9-13(14)20-15(21)11-8-10(18)4-5-12(11)17/h4-9H,18H2,1-3H3. The second kappa shape index (κ2) is 4.74. The van der Waals surface area contributed by atoms with Crippen molar-refractivity contribution in [2.45, 2.75) is 26.3 Å². The molecule has 0 saturated carbocycles. The number of nitrogen functional groups attached to an aromatic ring is 1. The quantitative estimate of drug-likeness (QED) is 0.689. The minimum Gasteiger partial charge on any atom is -0.399 e. The first-order valence-corrected chi connectivity index (χ1v) is 7.14. The van der Waals surface area contributed by atoms with Crippen LogP contribution in [-0.2, 0) is 5.54 Å². The van der Waals surface area contributed by atoms with Crippen molar-refractivity contribution in [2.75, 3.05) is 5.73 Å². The molecule has 2 heterocycles. The molecule has 108 valence electrons. The van der Waals surface area contributed by atoms with Crippen LogP contribution >= 0.6 is 11.6 Å². The molecule has 0 radical (unpaired) electrons. The van der Waals surface area contributed by atoms with Gasteiger partial charge in [0.1, 0.15) is 11.3 Å². The molecular weight excluding hydrogens is 284 g/mol. The molecule has 2 N–H and O–H groups in total. The minimum atomic E-state index is -0.140. The van der Waals surface area contributed by atoms with E-state index >= 15 is 0 Å². The zero-order valence-electron chi connectivity index (χ0n) is 12.3. The molecule has 0 aliphatic carbocycles. The molecule has 0 amide bonds. The van der Waals surface area contributed by atoms with Gasteiger partial charge in [-0.05, 0) is 45.0 Å². The van der Waals surface area contributed by atoms with Crippen LogP contribution in [0.15, 0.2) is 36.7 Å². The van der Waals surface area contributed by atoms with Crippen molar-refractivity contribution in [1.29, 1.82) is 0 Å². The van der Waals surface area contributed by atoms with Gasteiger partial charge in [0.25, 0.3) is 0 Å². The van der Waals surface area contributed by atoms with Crippen molar-refractivity contribution in [2.24, 2.45) is 0 Å². The highest BCUT2D eigenvalue weighted by Crippen LogP contribution is 2.35. The van der Waals surface area contributed by atoms with E-state index in [1.165, 1.54) is 0 Å². The van der Waals surface area contributed by atoms with Gasteiger partial charge >= 0.3 is 0 Å². The van der Waals surface area contributed by atoms with Crippen molar-refractivity contribution in [3.05, 3.63) is 41.7 Å². The molecule has 0 spiro atoms. The van der Waals surface area contributed by atoms with Crippen molar-refractivity contribution in [3.8, 4) is 11.4 Å². The number of hydrogen-bond acceptors (Lipinski definition) is 3. The largest absolute Gasteiger partial charge is 0.399 e. The van der Waals surface area contributed by atoms with Crippen LogP contribution in [0.5, 0.6) is 0 Å². The van der Waals surface area contributed by atoms with Gasteiger partial charge in [-0.2, -0.15) is 0 Å². The lowest BCUT2D eigenvalue weighted by Crippen LogP contribution is -2.22. The van der Waals surface area contributed by atoms with Gasteiger partial charge in [0.15, 0.2) is 0 Å². The lowest BCUT2D eigenvalue weighted by atomic mass is 10.1. The summed E-state index contributed by atoms with van der Waals surface area (Å²) in [5.41, 5.74) is 9.15. The zero-order chi connectivity index (χ0) is 15.2. The number of halogens is 1. The van der Waals surface area contributed by atoms with Crippen molar-refractivity contribution in [1.82, 2.24) is 14.5 Å². The van der Waals surface area contributed by atoms with Crippen LogP contribution in [-0.4, -0.2) is 14.5 Å². The van der Waals surface area contributed by atoms with Gasteiger partial charge in [-0.15, -0.1) is 0 Å². The van der Waals surface area contributed by atoms with Gasteiger partial charge in [0, 0.05) is 23.0 Å². The van der Waals surface area contributed by atoms with Crippen LogP contribution in [0.4, 0.5) is 5.69 Å². The molecule has 1 aromatic carbocycles. The Labute approximate surface area is 128 Å².